The van der Waals surface area contributed by atoms with E-state index in [1.165, 1.54) is 46.4 Å². The zero-order chi connectivity index (χ0) is 26.7. The summed E-state index contributed by atoms with van der Waals surface area (Å²) in [5.41, 5.74) is -0.464. The van der Waals surface area contributed by atoms with Crippen molar-refractivity contribution in [3.8, 4) is 17.1 Å². The zero-order valence-corrected chi connectivity index (χ0v) is 22.3. The fraction of sp³-hybridized carbons (Fsp3) is 0.280. The van der Waals surface area contributed by atoms with Crippen molar-refractivity contribution in [2.45, 2.75) is 33.9 Å². The number of thiophene rings is 1. The molecule has 0 atom stereocenters. The number of pyridine rings is 1. The Kier molecular flexibility index (Phi) is 7.55. The lowest BCUT2D eigenvalue weighted by molar-refractivity contribution is 0.0752. The van der Waals surface area contributed by atoms with Crippen LogP contribution in [0.4, 0.5) is 5.82 Å². The maximum absolute atomic E-state index is 13.5. The van der Waals surface area contributed by atoms with Gasteiger partial charge in [0, 0.05) is 28.8 Å². The van der Waals surface area contributed by atoms with E-state index >= 15 is 0 Å². The molecule has 0 saturated heterocycles. The van der Waals surface area contributed by atoms with Gasteiger partial charge in [-0.05, 0) is 24.3 Å². The number of halogens is 1. The Hall–Kier alpha value is -3.83. The summed E-state index contributed by atoms with van der Waals surface area (Å²) in [5.74, 6) is 0.0258. The first-order chi connectivity index (χ1) is 17.6. The SMILES string of the molecule is COc1ccc(-c2cc(NCc3ccc(Cl)s3)n(C(=O)C(C)(C)C)n2)c(=O)n1CC(=O)c1cncnc1. The van der Waals surface area contributed by atoms with Crippen LogP contribution >= 0.6 is 22.9 Å². The number of nitrogens with one attached hydrogen (secondary N) is 1. The molecule has 0 amide bonds. The molecule has 4 aromatic heterocycles. The molecule has 12 heteroatoms. The minimum atomic E-state index is -0.726. The second kappa shape index (κ2) is 10.7. The van der Waals surface area contributed by atoms with Crippen LogP contribution in [-0.4, -0.2) is 43.1 Å². The topological polar surface area (TPSA) is 121 Å². The number of Topliss-reactive ketones (excluding diaryl/α,β-unsaturated/α-hetero) is 1. The Morgan fingerprint density at radius 1 is 1.14 bits per heavy atom. The van der Waals surface area contributed by atoms with Crippen molar-refractivity contribution in [2.24, 2.45) is 5.41 Å². The summed E-state index contributed by atoms with van der Waals surface area (Å²) in [5, 5.41) is 7.71. The molecule has 4 aromatic rings. The maximum atomic E-state index is 13.5. The maximum Gasteiger partial charge on any atom is 0.263 e. The van der Waals surface area contributed by atoms with Crippen molar-refractivity contribution >= 4 is 40.4 Å². The number of nitrogens with zero attached hydrogens (tertiary/aromatic N) is 5. The van der Waals surface area contributed by atoms with Crippen molar-refractivity contribution in [1.82, 2.24) is 24.3 Å². The van der Waals surface area contributed by atoms with Crippen LogP contribution in [0, 0.1) is 5.41 Å². The molecule has 1 N–H and O–H groups in total. The molecule has 0 aliphatic rings. The van der Waals surface area contributed by atoms with E-state index in [9.17, 15) is 14.4 Å². The number of carbonyl (C=O) groups excluding carboxylic acids is 2. The highest BCUT2D eigenvalue weighted by Crippen LogP contribution is 2.27. The van der Waals surface area contributed by atoms with Gasteiger partial charge in [0.05, 0.1) is 35.7 Å². The first-order valence-corrected chi connectivity index (χ1v) is 12.5. The largest absolute Gasteiger partial charge is 0.482 e. The summed E-state index contributed by atoms with van der Waals surface area (Å²) in [6.45, 7) is 5.51. The zero-order valence-electron chi connectivity index (χ0n) is 20.7. The van der Waals surface area contributed by atoms with Gasteiger partial charge in [0.15, 0.2) is 11.7 Å². The van der Waals surface area contributed by atoms with Crippen molar-refractivity contribution in [2.75, 3.05) is 12.4 Å². The predicted octanol–water partition coefficient (Wildman–Crippen LogP) is 4.41. The summed E-state index contributed by atoms with van der Waals surface area (Å²) < 4.78 is 8.48. The number of ketones is 1. The van der Waals surface area contributed by atoms with Crippen LogP contribution in [0.25, 0.3) is 11.3 Å². The minimum absolute atomic E-state index is 0.206. The van der Waals surface area contributed by atoms with Crippen molar-refractivity contribution < 1.29 is 14.3 Å². The monoisotopic (exact) mass is 540 g/mol. The Morgan fingerprint density at radius 3 is 2.49 bits per heavy atom. The fourth-order valence-electron chi connectivity index (χ4n) is 3.50. The lowest BCUT2D eigenvalue weighted by Crippen LogP contribution is -2.29. The van der Waals surface area contributed by atoms with Gasteiger partial charge in [-0.1, -0.05) is 32.4 Å². The molecule has 4 rings (SSSR count). The second-order valence-electron chi connectivity index (χ2n) is 9.17. The highest BCUT2D eigenvalue weighted by molar-refractivity contribution is 7.16. The summed E-state index contributed by atoms with van der Waals surface area (Å²) in [7, 11) is 1.41. The van der Waals surface area contributed by atoms with Crippen molar-refractivity contribution in [3.05, 3.63) is 74.2 Å². The van der Waals surface area contributed by atoms with E-state index in [-0.39, 0.29) is 40.9 Å². The summed E-state index contributed by atoms with van der Waals surface area (Å²) >= 11 is 7.46. The van der Waals surface area contributed by atoms with Crippen molar-refractivity contribution in [1.29, 1.82) is 0 Å². The molecule has 0 radical (unpaired) electrons. The van der Waals surface area contributed by atoms with Crippen LogP contribution in [-0.2, 0) is 13.1 Å². The molecular formula is C25H25ClN6O4S. The Labute approximate surface area is 221 Å². The van der Waals surface area contributed by atoms with Crippen molar-refractivity contribution in [3.63, 3.8) is 0 Å². The van der Waals surface area contributed by atoms with E-state index in [2.05, 4.69) is 20.4 Å². The molecule has 0 fully saturated rings. The summed E-state index contributed by atoms with van der Waals surface area (Å²) in [4.78, 5) is 48.2. The van der Waals surface area contributed by atoms with Gasteiger partial charge in [0.25, 0.3) is 11.5 Å². The van der Waals surface area contributed by atoms with Crippen LogP contribution < -0.4 is 15.6 Å². The fourth-order valence-corrected chi connectivity index (χ4v) is 4.53. The molecule has 0 aliphatic carbocycles. The second-order valence-corrected chi connectivity index (χ2v) is 11.0. The van der Waals surface area contributed by atoms with Gasteiger partial charge >= 0.3 is 0 Å². The molecule has 0 aromatic carbocycles. The van der Waals surface area contributed by atoms with Crippen LogP contribution in [0.2, 0.25) is 4.34 Å². The highest BCUT2D eigenvalue weighted by atomic mass is 35.5. The number of carbonyl (C=O) groups is 2. The number of anilines is 1. The molecule has 0 unspecified atom stereocenters. The number of hydrogen-bond donors (Lipinski definition) is 1. The minimum Gasteiger partial charge on any atom is -0.482 e. The van der Waals surface area contributed by atoms with Gasteiger partial charge in [-0.25, -0.2) is 9.97 Å². The lowest BCUT2D eigenvalue weighted by atomic mass is 9.96. The number of aromatic nitrogens is 5. The van der Waals surface area contributed by atoms with Gasteiger partial charge in [0.2, 0.25) is 0 Å². The van der Waals surface area contributed by atoms with E-state index in [4.69, 9.17) is 16.3 Å². The predicted molar refractivity (Wildman–Crippen MR) is 142 cm³/mol. The molecule has 4 heterocycles. The van der Waals surface area contributed by atoms with Gasteiger partial charge in [-0.2, -0.15) is 9.78 Å². The smallest absolute Gasteiger partial charge is 0.263 e. The first kappa shape index (κ1) is 26.2. The molecule has 192 valence electrons. The number of methoxy groups -OCH3 is 1. The van der Waals surface area contributed by atoms with Crippen LogP contribution in [0.15, 0.2) is 53.8 Å². The van der Waals surface area contributed by atoms with E-state index in [0.717, 1.165) is 4.88 Å². The van der Waals surface area contributed by atoms with Crippen LogP contribution in [0.3, 0.4) is 0 Å². The quantitative estimate of drug-likeness (QED) is 0.326. The molecule has 0 saturated carbocycles. The molecule has 37 heavy (non-hydrogen) atoms. The van der Waals surface area contributed by atoms with E-state index in [1.807, 2.05) is 6.07 Å². The number of hydrogen-bond acceptors (Lipinski definition) is 9. The third kappa shape index (κ3) is 5.78. The van der Waals surface area contributed by atoms with Crippen LogP contribution in [0.1, 0.15) is 40.8 Å². The van der Waals surface area contributed by atoms with E-state index < -0.39 is 11.0 Å². The standard InChI is InChI=1S/C25H25ClN6O4S/c1-25(2,3)24(35)32-21(29-12-16-5-7-20(26)37-16)9-18(30-32)17-6-8-22(36-4)31(23(17)34)13-19(33)15-10-27-14-28-11-15/h5-11,14,29H,12-13H2,1-4H3. The Balaban J connectivity index is 1.74. The van der Waals surface area contributed by atoms with E-state index in [0.29, 0.717) is 16.7 Å². The molecular weight excluding hydrogens is 516 g/mol. The van der Waals surface area contributed by atoms with E-state index in [1.54, 1.807) is 45.0 Å². The first-order valence-electron chi connectivity index (χ1n) is 11.3. The van der Waals surface area contributed by atoms with Crippen LogP contribution in [0.5, 0.6) is 5.88 Å². The highest BCUT2D eigenvalue weighted by Gasteiger charge is 2.28. The molecule has 0 bridgehead atoms. The average Bonchev–Trinajstić information content (AvgIpc) is 3.49. The lowest BCUT2D eigenvalue weighted by Gasteiger charge is -2.18. The molecule has 0 aliphatic heterocycles. The Morgan fingerprint density at radius 2 is 1.86 bits per heavy atom. The summed E-state index contributed by atoms with van der Waals surface area (Å²) in [6, 6.07) is 8.47. The normalized spacial score (nSPS) is 11.4. The molecule has 10 nitrogen and oxygen atoms in total. The molecule has 0 spiro atoms. The third-order valence-corrected chi connectivity index (χ3v) is 6.65. The van der Waals surface area contributed by atoms with Gasteiger partial charge in [-0.15, -0.1) is 11.3 Å². The van der Waals surface area contributed by atoms with Gasteiger partial charge < -0.3 is 10.1 Å². The number of rotatable bonds is 8. The summed E-state index contributed by atoms with van der Waals surface area (Å²) in [6.07, 6.45) is 4.09. The van der Waals surface area contributed by atoms with Gasteiger partial charge in [-0.3, -0.25) is 19.0 Å². The number of ether oxygens (including phenoxy) is 1. The Bertz CT molecular complexity index is 1500. The van der Waals surface area contributed by atoms with Gasteiger partial charge in [0.1, 0.15) is 17.8 Å². The third-order valence-electron chi connectivity index (χ3n) is 5.42. The average molecular weight is 541 g/mol.